The summed E-state index contributed by atoms with van der Waals surface area (Å²) >= 11 is 0. The topological polar surface area (TPSA) is 101 Å². The predicted octanol–water partition coefficient (Wildman–Crippen LogP) is 2.60. The highest BCUT2D eigenvalue weighted by Crippen LogP contribution is 2.26. The minimum Gasteiger partial charge on any atom is -0.497 e. The van der Waals surface area contributed by atoms with E-state index in [0.717, 1.165) is 5.69 Å². The van der Waals surface area contributed by atoms with E-state index in [9.17, 15) is 5.11 Å². The average Bonchev–Trinajstić information content (AvgIpc) is 3.18. The van der Waals surface area contributed by atoms with Crippen LogP contribution in [-0.2, 0) is 6.54 Å². The summed E-state index contributed by atoms with van der Waals surface area (Å²) in [7, 11) is 3.15. The van der Waals surface area contributed by atoms with Gasteiger partial charge in [-0.15, -0.1) is 0 Å². The van der Waals surface area contributed by atoms with Gasteiger partial charge in [-0.1, -0.05) is 19.0 Å². The first-order valence-electron chi connectivity index (χ1n) is 9.35. The van der Waals surface area contributed by atoms with E-state index in [0.29, 0.717) is 47.8 Å². The van der Waals surface area contributed by atoms with Crippen molar-refractivity contribution in [2.24, 2.45) is 4.99 Å². The van der Waals surface area contributed by atoms with Crippen LogP contribution >= 0.6 is 0 Å². The van der Waals surface area contributed by atoms with Crippen LogP contribution in [0.3, 0.4) is 0 Å². The molecule has 1 heterocycles. The largest absolute Gasteiger partial charge is 0.497 e. The van der Waals surface area contributed by atoms with E-state index in [1.165, 1.54) is 0 Å². The molecule has 8 heteroatoms. The fourth-order valence-corrected chi connectivity index (χ4v) is 2.51. The fourth-order valence-electron chi connectivity index (χ4n) is 2.51. The smallest absolute Gasteiger partial charge is 0.191 e. The summed E-state index contributed by atoms with van der Waals surface area (Å²) in [6.45, 7) is 7.43. The van der Waals surface area contributed by atoms with Crippen LogP contribution in [0.4, 0.5) is 0 Å². The lowest BCUT2D eigenvalue weighted by Crippen LogP contribution is -2.39. The lowest BCUT2D eigenvalue weighted by molar-refractivity contribution is 0.180. The van der Waals surface area contributed by atoms with Gasteiger partial charge in [0, 0.05) is 25.2 Å². The zero-order chi connectivity index (χ0) is 20.5. The summed E-state index contributed by atoms with van der Waals surface area (Å²) in [5.74, 6) is 2.83. The maximum atomic E-state index is 10.5. The van der Waals surface area contributed by atoms with Gasteiger partial charge in [0.25, 0.3) is 0 Å². The summed E-state index contributed by atoms with van der Waals surface area (Å²) in [6.07, 6.45) is -0.759. The molecule has 2 aromatic rings. The van der Waals surface area contributed by atoms with Crippen molar-refractivity contribution in [2.45, 2.75) is 39.3 Å². The van der Waals surface area contributed by atoms with Crippen LogP contribution in [0.25, 0.3) is 0 Å². The minimum absolute atomic E-state index is 0.274. The van der Waals surface area contributed by atoms with Crippen LogP contribution < -0.4 is 20.1 Å². The molecule has 0 aliphatic rings. The Morgan fingerprint density at radius 2 is 1.82 bits per heavy atom. The number of ether oxygens (including phenoxy) is 2. The lowest BCUT2D eigenvalue weighted by Gasteiger charge is -2.17. The number of hydrogen-bond donors (Lipinski definition) is 3. The molecule has 0 amide bonds. The second-order valence-corrected chi connectivity index (χ2v) is 6.61. The zero-order valence-corrected chi connectivity index (χ0v) is 17.2. The van der Waals surface area contributed by atoms with E-state index in [4.69, 9.17) is 14.0 Å². The van der Waals surface area contributed by atoms with Crippen molar-refractivity contribution in [3.05, 3.63) is 41.3 Å². The minimum atomic E-state index is -0.759. The molecule has 0 aliphatic carbocycles. The van der Waals surface area contributed by atoms with Gasteiger partial charge in [-0.3, -0.25) is 0 Å². The third-order valence-corrected chi connectivity index (χ3v) is 4.13. The number of nitrogens with one attached hydrogen (secondary N) is 2. The van der Waals surface area contributed by atoms with Crippen LogP contribution in [0.1, 0.15) is 49.8 Å². The molecule has 0 aliphatic heterocycles. The summed E-state index contributed by atoms with van der Waals surface area (Å²) in [5, 5.41) is 20.9. The molecule has 28 heavy (non-hydrogen) atoms. The summed E-state index contributed by atoms with van der Waals surface area (Å²) in [6, 6.07) is 7.23. The number of benzene rings is 1. The van der Waals surface area contributed by atoms with Crippen molar-refractivity contribution < 1.29 is 19.1 Å². The maximum absolute atomic E-state index is 10.5. The molecule has 2 rings (SSSR count). The zero-order valence-electron chi connectivity index (χ0n) is 17.2. The Labute approximate surface area is 165 Å². The number of aliphatic hydroxyl groups excluding tert-OH is 1. The third kappa shape index (κ3) is 6.16. The molecule has 1 aromatic heterocycles. The molecule has 154 valence electrons. The third-order valence-electron chi connectivity index (χ3n) is 4.13. The summed E-state index contributed by atoms with van der Waals surface area (Å²) in [5.41, 5.74) is 1.60. The molecule has 1 aromatic carbocycles. The fraction of sp³-hybridized carbons (Fsp3) is 0.500. The van der Waals surface area contributed by atoms with Crippen LogP contribution in [0.5, 0.6) is 11.5 Å². The number of nitrogens with zero attached hydrogens (tertiary/aromatic N) is 2. The van der Waals surface area contributed by atoms with Gasteiger partial charge in [0.1, 0.15) is 18.0 Å². The molecule has 0 fully saturated rings. The van der Waals surface area contributed by atoms with Crippen LogP contribution in [0, 0.1) is 0 Å². The van der Waals surface area contributed by atoms with E-state index in [-0.39, 0.29) is 6.54 Å². The van der Waals surface area contributed by atoms with Gasteiger partial charge < -0.3 is 29.7 Å². The second-order valence-electron chi connectivity index (χ2n) is 6.61. The summed E-state index contributed by atoms with van der Waals surface area (Å²) in [4.78, 5) is 4.49. The predicted molar refractivity (Wildman–Crippen MR) is 108 cm³/mol. The highest BCUT2D eigenvalue weighted by Gasteiger charge is 2.12. The van der Waals surface area contributed by atoms with E-state index in [1.54, 1.807) is 32.4 Å². The van der Waals surface area contributed by atoms with Crippen molar-refractivity contribution in [1.29, 1.82) is 0 Å². The van der Waals surface area contributed by atoms with Crippen molar-refractivity contribution >= 4 is 5.96 Å². The summed E-state index contributed by atoms with van der Waals surface area (Å²) < 4.78 is 15.8. The van der Waals surface area contributed by atoms with Gasteiger partial charge >= 0.3 is 0 Å². The Hall–Kier alpha value is -2.74. The number of guanidine groups is 1. The molecule has 0 bridgehead atoms. The number of hydrogen-bond acceptors (Lipinski definition) is 6. The van der Waals surface area contributed by atoms with Crippen molar-refractivity contribution in [2.75, 3.05) is 27.3 Å². The van der Waals surface area contributed by atoms with E-state index in [1.807, 2.05) is 13.0 Å². The van der Waals surface area contributed by atoms with Crippen molar-refractivity contribution in [3.63, 3.8) is 0 Å². The van der Waals surface area contributed by atoms with Crippen molar-refractivity contribution in [3.8, 4) is 11.5 Å². The van der Waals surface area contributed by atoms with Gasteiger partial charge in [-0.05, 0) is 30.5 Å². The SMILES string of the molecule is CCNC(=NCc1cc(C(C)C)no1)NCC(O)c1cc(OC)cc(OC)c1. The van der Waals surface area contributed by atoms with Gasteiger partial charge in [-0.25, -0.2) is 4.99 Å². The Bertz CT molecular complexity index is 751. The Morgan fingerprint density at radius 3 is 2.36 bits per heavy atom. The van der Waals surface area contributed by atoms with Gasteiger partial charge in [-0.2, -0.15) is 0 Å². The number of methoxy groups -OCH3 is 2. The highest BCUT2D eigenvalue weighted by molar-refractivity contribution is 5.79. The van der Waals surface area contributed by atoms with Crippen molar-refractivity contribution in [1.82, 2.24) is 15.8 Å². The molecule has 0 radical (unpaired) electrons. The molecule has 0 saturated carbocycles. The first-order chi connectivity index (χ1) is 13.5. The van der Waals surface area contributed by atoms with E-state index >= 15 is 0 Å². The highest BCUT2D eigenvalue weighted by atomic mass is 16.5. The Morgan fingerprint density at radius 1 is 1.14 bits per heavy atom. The number of aromatic nitrogens is 1. The van der Waals surface area contributed by atoms with Gasteiger partial charge in [0.15, 0.2) is 11.7 Å². The molecule has 0 spiro atoms. The van der Waals surface area contributed by atoms with E-state index in [2.05, 4.69) is 34.6 Å². The normalized spacial score (nSPS) is 12.8. The average molecular weight is 390 g/mol. The molecular formula is C20H30N4O4. The van der Waals surface area contributed by atoms with E-state index < -0.39 is 6.10 Å². The Balaban J connectivity index is 2.01. The molecular weight excluding hydrogens is 360 g/mol. The van der Waals surface area contributed by atoms with Gasteiger partial charge in [0.2, 0.25) is 0 Å². The molecule has 3 N–H and O–H groups in total. The first-order valence-corrected chi connectivity index (χ1v) is 9.35. The standard InChI is InChI=1S/C20H30N4O4/c1-6-21-20(22-11-17-10-18(13(2)3)24-28-17)23-12-19(25)14-7-15(26-4)9-16(8-14)27-5/h7-10,13,19,25H,6,11-12H2,1-5H3,(H2,21,22,23). The first kappa shape index (κ1) is 21.6. The van der Waals surface area contributed by atoms with Crippen LogP contribution in [0.15, 0.2) is 33.8 Å². The molecule has 8 nitrogen and oxygen atoms in total. The van der Waals surface area contributed by atoms with Crippen LogP contribution in [0.2, 0.25) is 0 Å². The molecule has 1 unspecified atom stereocenters. The Kier molecular flexibility index (Phi) is 8.13. The second kappa shape index (κ2) is 10.6. The number of aliphatic imine (C=N–C) groups is 1. The monoisotopic (exact) mass is 390 g/mol. The molecule has 1 atom stereocenters. The number of aliphatic hydroxyl groups is 1. The number of rotatable bonds is 9. The lowest BCUT2D eigenvalue weighted by atomic mass is 10.1. The van der Waals surface area contributed by atoms with Crippen LogP contribution in [-0.4, -0.2) is 43.5 Å². The molecule has 0 saturated heterocycles. The maximum Gasteiger partial charge on any atom is 0.191 e. The quantitative estimate of drug-likeness (QED) is 0.447. The van der Waals surface area contributed by atoms with Gasteiger partial charge in [0.05, 0.1) is 26.0 Å².